The average Bonchev–Trinajstić information content (AvgIpc) is 3.07. The minimum atomic E-state index is -0.0633. The van der Waals surface area contributed by atoms with E-state index in [0.717, 1.165) is 43.9 Å². The van der Waals surface area contributed by atoms with Gasteiger partial charge in [0, 0.05) is 44.2 Å². The third-order valence-corrected chi connectivity index (χ3v) is 5.82. The van der Waals surface area contributed by atoms with Crippen LogP contribution in [0.2, 0.25) is 0 Å². The van der Waals surface area contributed by atoms with Gasteiger partial charge in [-0.2, -0.15) is 4.98 Å². The highest BCUT2D eigenvalue weighted by Gasteiger charge is 2.29. The lowest BCUT2D eigenvalue weighted by molar-refractivity contribution is 0.0613. The first-order valence-corrected chi connectivity index (χ1v) is 9.85. The van der Waals surface area contributed by atoms with Crippen LogP contribution in [-0.2, 0) is 5.41 Å². The van der Waals surface area contributed by atoms with Crippen LogP contribution < -0.4 is 0 Å². The molecule has 142 valence electrons. The molecule has 6 nitrogen and oxygen atoms in total. The number of piperidine rings is 1. The van der Waals surface area contributed by atoms with Crippen LogP contribution in [0.15, 0.2) is 4.52 Å². The molecule has 0 radical (unpaired) electrons. The zero-order valence-corrected chi connectivity index (χ0v) is 16.7. The van der Waals surface area contributed by atoms with Crippen molar-refractivity contribution in [3.05, 3.63) is 11.7 Å². The molecule has 2 aliphatic heterocycles. The predicted molar refractivity (Wildman–Crippen MR) is 99.7 cm³/mol. The first-order valence-electron chi connectivity index (χ1n) is 9.85. The highest BCUT2D eigenvalue weighted by atomic mass is 16.5. The lowest BCUT2D eigenvalue weighted by Gasteiger charge is -2.41. The maximum atomic E-state index is 5.55. The van der Waals surface area contributed by atoms with E-state index in [4.69, 9.17) is 4.52 Å². The molecule has 0 unspecified atom stereocenters. The van der Waals surface area contributed by atoms with Gasteiger partial charge in [0.15, 0.2) is 5.82 Å². The van der Waals surface area contributed by atoms with E-state index in [1.54, 1.807) is 0 Å². The summed E-state index contributed by atoms with van der Waals surface area (Å²) in [6.07, 6.45) is 4.10. The van der Waals surface area contributed by atoms with E-state index >= 15 is 0 Å². The molecule has 6 heteroatoms. The molecule has 2 saturated heterocycles. The van der Waals surface area contributed by atoms with E-state index in [9.17, 15) is 0 Å². The first kappa shape index (κ1) is 18.8. The smallest absolute Gasteiger partial charge is 0.243 e. The molecular formula is C19H35N5O. The van der Waals surface area contributed by atoms with Gasteiger partial charge < -0.3 is 9.42 Å². The Morgan fingerprint density at radius 3 is 2.44 bits per heavy atom. The topological polar surface area (TPSA) is 48.6 Å². The van der Waals surface area contributed by atoms with Gasteiger partial charge >= 0.3 is 0 Å². The molecule has 0 bridgehead atoms. The van der Waals surface area contributed by atoms with E-state index in [-0.39, 0.29) is 11.5 Å². The summed E-state index contributed by atoms with van der Waals surface area (Å²) in [5.41, 5.74) is -0.0633. The molecule has 2 aliphatic rings. The molecule has 3 rings (SSSR count). The SMILES string of the molecule is C[C@@H](c1nc(C(C)(C)C)no1)N1CCN(C[C@H]2CCCCN2C)CC1. The van der Waals surface area contributed by atoms with Crippen molar-refractivity contribution in [2.45, 2.75) is 64.5 Å². The lowest BCUT2D eigenvalue weighted by Crippen LogP contribution is -2.52. The zero-order valence-electron chi connectivity index (χ0n) is 16.7. The fourth-order valence-corrected chi connectivity index (χ4v) is 3.87. The van der Waals surface area contributed by atoms with Crippen molar-refractivity contribution in [3.63, 3.8) is 0 Å². The number of nitrogens with zero attached hydrogens (tertiary/aromatic N) is 5. The van der Waals surface area contributed by atoms with Gasteiger partial charge in [0.25, 0.3) is 0 Å². The summed E-state index contributed by atoms with van der Waals surface area (Å²) in [5, 5.41) is 4.18. The average molecular weight is 350 g/mol. The fraction of sp³-hybridized carbons (Fsp3) is 0.895. The van der Waals surface area contributed by atoms with Crippen molar-refractivity contribution in [2.24, 2.45) is 0 Å². The molecule has 0 aliphatic carbocycles. The summed E-state index contributed by atoms with van der Waals surface area (Å²) >= 11 is 0. The minimum Gasteiger partial charge on any atom is -0.338 e. The molecule has 1 aromatic heterocycles. The van der Waals surface area contributed by atoms with E-state index in [1.165, 1.54) is 32.4 Å². The summed E-state index contributed by atoms with van der Waals surface area (Å²) in [6.45, 7) is 15.4. The number of likely N-dealkylation sites (N-methyl/N-ethyl adjacent to an activating group) is 1. The third kappa shape index (κ3) is 4.60. The summed E-state index contributed by atoms with van der Waals surface area (Å²) < 4.78 is 5.55. The van der Waals surface area contributed by atoms with Crippen LogP contribution in [0.4, 0.5) is 0 Å². The molecule has 25 heavy (non-hydrogen) atoms. The van der Waals surface area contributed by atoms with E-state index in [2.05, 4.69) is 59.6 Å². The number of hydrogen-bond donors (Lipinski definition) is 0. The molecule has 0 aromatic carbocycles. The Morgan fingerprint density at radius 2 is 1.84 bits per heavy atom. The van der Waals surface area contributed by atoms with Gasteiger partial charge in [0.2, 0.25) is 5.89 Å². The van der Waals surface area contributed by atoms with E-state index < -0.39 is 0 Å². The van der Waals surface area contributed by atoms with Gasteiger partial charge in [0.05, 0.1) is 6.04 Å². The summed E-state index contributed by atoms with van der Waals surface area (Å²) in [5.74, 6) is 1.55. The van der Waals surface area contributed by atoms with Gasteiger partial charge in [-0.15, -0.1) is 0 Å². The number of hydrogen-bond acceptors (Lipinski definition) is 6. The maximum absolute atomic E-state index is 5.55. The number of rotatable bonds is 4. The lowest BCUT2D eigenvalue weighted by atomic mass is 9.96. The Morgan fingerprint density at radius 1 is 1.12 bits per heavy atom. The summed E-state index contributed by atoms with van der Waals surface area (Å²) in [4.78, 5) is 12.3. The Labute approximate surface area is 152 Å². The normalized spacial score (nSPS) is 26.0. The Balaban J connectivity index is 1.50. The Kier molecular flexibility index (Phi) is 5.81. The first-order chi connectivity index (χ1) is 11.8. The summed E-state index contributed by atoms with van der Waals surface area (Å²) in [6, 6.07) is 0.936. The van der Waals surface area contributed by atoms with Gasteiger partial charge in [-0.05, 0) is 33.4 Å². The van der Waals surface area contributed by atoms with E-state index in [1.807, 2.05) is 0 Å². The van der Waals surface area contributed by atoms with Crippen LogP contribution in [0.3, 0.4) is 0 Å². The van der Waals surface area contributed by atoms with Gasteiger partial charge in [-0.3, -0.25) is 9.80 Å². The largest absolute Gasteiger partial charge is 0.338 e. The van der Waals surface area contributed by atoms with Crippen molar-refractivity contribution in [1.29, 1.82) is 0 Å². The minimum absolute atomic E-state index is 0.0633. The Bertz CT molecular complexity index is 544. The molecule has 2 fully saturated rings. The van der Waals surface area contributed by atoms with Gasteiger partial charge in [-0.25, -0.2) is 0 Å². The second kappa shape index (κ2) is 7.72. The Hall–Kier alpha value is -0.980. The maximum Gasteiger partial charge on any atom is 0.243 e. The molecule has 0 N–H and O–H groups in total. The molecule has 1 aromatic rings. The van der Waals surface area contributed by atoms with Crippen LogP contribution in [0.1, 0.15) is 64.7 Å². The fourth-order valence-electron chi connectivity index (χ4n) is 3.87. The van der Waals surface area contributed by atoms with Crippen molar-refractivity contribution in [3.8, 4) is 0 Å². The second-order valence-corrected chi connectivity index (χ2v) is 8.85. The van der Waals surface area contributed by atoms with Crippen molar-refractivity contribution in [1.82, 2.24) is 24.8 Å². The highest BCUT2D eigenvalue weighted by Crippen LogP contribution is 2.25. The van der Waals surface area contributed by atoms with E-state index in [0.29, 0.717) is 0 Å². The molecule has 3 heterocycles. The van der Waals surface area contributed by atoms with Crippen LogP contribution in [0.5, 0.6) is 0 Å². The van der Waals surface area contributed by atoms with Crippen LogP contribution >= 0.6 is 0 Å². The molecule has 2 atom stereocenters. The number of piperazine rings is 1. The van der Waals surface area contributed by atoms with Crippen molar-refractivity contribution < 1.29 is 4.52 Å². The van der Waals surface area contributed by atoms with Crippen LogP contribution in [-0.4, -0.2) is 77.2 Å². The molecule has 0 amide bonds. The summed E-state index contributed by atoms with van der Waals surface area (Å²) in [7, 11) is 2.28. The predicted octanol–water partition coefficient (Wildman–Crippen LogP) is 2.53. The standard InChI is InChI=1S/C19H35N5O/c1-15(17-20-18(21-25-17)19(2,3)4)24-12-10-23(11-13-24)14-16-8-6-7-9-22(16)5/h15-16H,6-14H2,1-5H3/t15-,16+/m0/s1. The van der Waals surface area contributed by atoms with Crippen LogP contribution in [0, 0.1) is 0 Å². The monoisotopic (exact) mass is 349 g/mol. The quantitative estimate of drug-likeness (QED) is 0.832. The second-order valence-electron chi connectivity index (χ2n) is 8.85. The number of likely N-dealkylation sites (tertiary alicyclic amines) is 1. The van der Waals surface area contributed by atoms with Crippen LogP contribution in [0.25, 0.3) is 0 Å². The van der Waals surface area contributed by atoms with Gasteiger partial charge in [0.1, 0.15) is 0 Å². The zero-order chi connectivity index (χ0) is 18.0. The highest BCUT2D eigenvalue weighted by molar-refractivity contribution is 5.02. The number of aromatic nitrogens is 2. The van der Waals surface area contributed by atoms with Gasteiger partial charge in [-0.1, -0.05) is 32.3 Å². The molecule has 0 saturated carbocycles. The molecular weight excluding hydrogens is 314 g/mol. The van der Waals surface area contributed by atoms with Crippen molar-refractivity contribution in [2.75, 3.05) is 46.3 Å². The molecule has 0 spiro atoms. The van der Waals surface area contributed by atoms with Crippen molar-refractivity contribution >= 4 is 0 Å². The third-order valence-electron chi connectivity index (χ3n) is 5.82.